The Morgan fingerprint density at radius 1 is 1.90 bits per heavy atom. The number of carbonyl (C=O) groups excluding carboxylic acids is 1. The van der Waals surface area contributed by atoms with Crippen molar-refractivity contribution in [2.75, 3.05) is 0 Å². The van der Waals surface area contributed by atoms with Crippen molar-refractivity contribution in [3.63, 3.8) is 0 Å². The standard InChI is InChI=1S/C5H5ClN2O2/c6-4(5(7)9)3-1-2-10-8-3/h1-2,4H,(H2,7,9). The fourth-order valence-corrected chi connectivity index (χ4v) is 0.611. The largest absolute Gasteiger partial charge is 0.368 e. The number of alkyl halides is 1. The molecule has 54 valence electrons. The lowest BCUT2D eigenvalue weighted by molar-refractivity contribution is -0.117. The van der Waals surface area contributed by atoms with Crippen LogP contribution in [0.15, 0.2) is 16.9 Å². The van der Waals surface area contributed by atoms with Crippen molar-refractivity contribution >= 4 is 17.5 Å². The van der Waals surface area contributed by atoms with E-state index in [0.717, 1.165) is 0 Å². The van der Waals surface area contributed by atoms with Gasteiger partial charge in [-0.05, 0) is 0 Å². The molecule has 1 heterocycles. The van der Waals surface area contributed by atoms with E-state index in [-0.39, 0.29) is 0 Å². The SMILES string of the molecule is NC(=O)C(Cl)c1ccon1. The lowest BCUT2D eigenvalue weighted by atomic mass is 10.3. The molecule has 1 unspecified atom stereocenters. The van der Waals surface area contributed by atoms with Gasteiger partial charge in [0.2, 0.25) is 5.91 Å². The van der Waals surface area contributed by atoms with Gasteiger partial charge in [-0.2, -0.15) is 0 Å². The maximum absolute atomic E-state index is 10.4. The highest BCUT2D eigenvalue weighted by molar-refractivity contribution is 6.30. The smallest absolute Gasteiger partial charge is 0.241 e. The Balaban J connectivity index is 2.77. The van der Waals surface area contributed by atoms with Gasteiger partial charge >= 0.3 is 0 Å². The highest BCUT2D eigenvalue weighted by atomic mass is 35.5. The molecule has 1 atom stereocenters. The molecular formula is C5H5ClN2O2. The lowest BCUT2D eigenvalue weighted by Gasteiger charge is -1.96. The predicted molar refractivity (Wildman–Crippen MR) is 34.3 cm³/mol. The molecule has 0 aromatic carbocycles. The van der Waals surface area contributed by atoms with Gasteiger partial charge < -0.3 is 10.3 Å². The fraction of sp³-hybridized carbons (Fsp3) is 0.200. The van der Waals surface area contributed by atoms with Gasteiger partial charge in [0, 0.05) is 6.07 Å². The van der Waals surface area contributed by atoms with Gasteiger partial charge in [0.05, 0.1) is 0 Å². The number of nitrogens with two attached hydrogens (primary N) is 1. The van der Waals surface area contributed by atoms with Crippen LogP contribution in [0.4, 0.5) is 0 Å². The number of nitrogens with zero attached hydrogens (tertiary/aromatic N) is 1. The molecule has 10 heavy (non-hydrogen) atoms. The second-order valence-corrected chi connectivity index (χ2v) is 2.13. The van der Waals surface area contributed by atoms with E-state index in [0.29, 0.717) is 5.69 Å². The summed E-state index contributed by atoms with van der Waals surface area (Å²) in [5.41, 5.74) is 5.22. The third kappa shape index (κ3) is 1.27. The van der Waals surface area contributed by atoms with Crippen molar-refractivity contribution in [2.24, 2.45) is 5.73 Å². The number of primary amides is 1. The van der Waals surface area contributed by atoms with Crippen LogP contribution in [-0.4, -0.2) is 11.1 Å². The van der Waals surface area contributed by atoms with Crippen LogP contribution in [0.3, 0.4) is 0 Å². The van der Waals surface area contributed by atoms with Gasteiger partial charge in [0.25, 0.3) is 0 Å². The van der Waals surface area contributed by atoms with Crippen molar-refractivity contribution in [2.45, 2.75) is 5.38 Å². The highest BCUT2D eigenvalue weighted by Gasteiger charge is 2.16. The van der Waals surface area contributed by atoms with E-state index in [4.69, 9.17) is 17.3 Å². The van der Waals surface area contributed by atoms with E-state index in [2.05, 4.69) is 9.68 Å². The van der Waals surface area contributed by atoms with Crippen molar-refractivity contribution in [1.29, 1.82) is 0 Å². The molecule has 5 heteroatoms. The molecule has 1 rings (SSSR count). The average molecular weight is 161 g/mol. The topological polar surface area (TPSA) is 69.1 Å². The van der Waals surface area contributed by atoms with Crippen LogP contribution in [0.5, 0.6) is 0 Å². The normalized spacial score (nSPS) is 12.9. The molecule has 0 spiro atoms. The van der Waals surface area contributed by atoms with Crippen LogP contribution in [0.2, 0.25) is 0 Å². The first-order valence-electron chi connectivity index (χ1n) is 2.55. The van der Waals surface area contributed by atoms with Crippen molar-refractivity contribution in [1.82, 2.24) is 5.16 Å². The van der Waals surface area contributed by atoms with Crippen molar-refractivity contribution in [3.8, 4) is 0 Å². The van der Waals surface area contributed by atoms with Crippen molar-refractivity contribution in [3.05, 3.63) is 18.0 Å². The first-order chi connectivity index (χ1) is 4.72. The number of hydrogen-bond acceptors (Lipinski definition) is 3. The third-order valence-electron chi connectivity index (χ3n) is 0.967. The summed E-state index contributed by atoms with van der Waals surface area (Å²) in [5.74, 6) is -0.629. The van der Waals surface area contributed by atoms with Crippen LogP contribution in [-0.2, 0) is 4.79 Å². The van der Waals surface area contributed by atoms with E-state index in [1.165, 1.54) is 12.3 Å². The maximum Gasteiger partial charge on any atom is 0.241 e. The molecule has 1 amide bonds. The van der Waals surface area contributed by atoms with Crippen LogP contribution in [0.25, 0.3) is 0 Å². The molecule has 1 aromatic rings. The first kappa shape index (κ1) is 7.08. The van der Waals surface area contributed by atoms with Gasteiger partial charge in [-0.3, -0.25) is 4.79 Å². The zero-order valence-corrected chi connectivity index (χ0v) is 5.71. The van der Waals surface area contributed by atoms with Crippen LogP contribution in [0.1, 0.15) is 11.1 Å². The Kier molecular flexibility index (Phi) is 1.91. The Morgan fingerprint density at radius 2 is 2.60 bits per heavy atom. The predicted octanol–water partition coefficient (Wildman–Crippen LogP) is 0.440. The number of amides is 1. The minimum atomic E-state index is -0.890. The minimum Gasteiger partial charge on any atom is -0.368 e. The zero-order chi connectivity index (χ0) is 7.56. The van der Waals surface area contributed by atoms with E-state index < -0.39 is 11.3 Å². The minimum absolute atomic E-state index is 0.342. The number of carbonyl (C=O) groups is 1. The molecule has 0 aliphatic rings. The molecule has 0 aliphatic carbocycles. The second-order valence-electron chi connectivity index (χ2n) is 1.69. The molecule has 0 fully saturated rings. The van der Waals surface area contributed by atoms with Gasteiger partial charge in [0.1, 0.15) is 12.0 Å². The van der Waals surface area contributed by atoms with Crippen LogP contribution in [0, 0.1) is 0 Å². The summed E-state index contributed by atoms with van der Waals surface area (Å²) in [6.07, 6.45) is 1.33. The number of hydrogen-bond donors (Lipinski definition) is 1. The monoisotopic (exact) mass is 160 g/mol. The molecular weight excluding hydrogens is 156 g/mol. The molecule has 0 aliphatic heterocycles. The van der Waals surface area contributed by atoms with E-state index in [1.54, 1.807) is 0 Å². The number of halogens is 1. The summed E-state index contributed by atoms with van der Waals surface area (Å²) < 4.78 is 4.44. The van der Waals surface area contributed by atoms with Gasteiger partial charge in [-0.15, -0.1) is 11.6 Å². The lowest BCUT2D eigenvalue weighted by Crippen LogP contribution is -2.17. The van der Waals surface area contributed by atoms with Crippen LogP contribution >= 0.6 is 11.6 Å². The fourth-order valence-electron chi connectivity index (χ4n) is 0.498. The van der Waals surface area contributed by atoms with Gasteiger partial charge in [0.15, 0.2) is 5.38 Å². The summed E-state index contributed by atoms with van der Waals surface area (Å²) in [6, 6.07) is 1.49. The Bertz CT molecular complexity index is 222. The van der Waals surface area contributed by atoms with Gasteiger partial charge in [-0.1, -0.05) is 5.16 Å². The summed E-state index contributed by atoms with van der Waals surface area (Å²) in [6.45, 7) is 0. The summed E-state index contributed by atoms with van der Waals surface area (Å²) in [5, 5.41) is 2.54. The number of rotatable bonds is 2. The molecule has 0 saturated carbocycles. The Labute approximate surface area is 61.9 Å². The second kappa shape index (κ2) is 2.70. The molecule has 0 saturated heterocycles. The van der Waals surface area contributed by atoms with E-state index in [9.17, 15) is 4.79 Å². The molecule has 0 bridgehead atoms. The molecule has 2 N–H and O–H groups in total. The van der Waals surface area contributed by atoms with E-state index in [1.807, 2.05) is 0 Å². The summed E-state index contributed by atoms with van der Waals surface area (Å²) >= 11 is 5.49. The summed E-state index contributed by atoms with van der Waals surface area (Å²) in [7, 11) is 0. The highest BCUT2D eigenvalue weighted by Crippen LogP contribution is 2.16. The molecule has 1 aromatic heterocycles. The quantitative estimate of drug-likeness (QED) is 0.639. The summed E-state index contributed by atoms with van der Waals surface area (Å²) in [4.78, 5) is 10.4. The molecule has 0 radical (unpaired) electrons. The number of aromatic nitrogens is 1. The maximum atomic E-state index is 10.4. The van der Waals surface area contributed by atoms with E-state index >= 15 is 0 Å². The molecule has 4 nitrogen and oxygen atoms in total. The van der Waals surface area contributed by atoms with Crippen molar-refractivity contribution < 1.29 is 9.32 Å². The Morgan fingerprint density at radius 3 is 3.00 bits per heavy atom. The average Bonchev–Trinajstić information content (AvgIpc) is 2.36. The van der Waals surface area contributed by atoms with Crippen LogP contribution < -0.4 is 5.73 Å². The Hall–Kier alpha value is -1.03. The third-order valence-corrected chi connectivity index (χ3v) is 1.41. The zero-order valence-electron chi connectivity index (χ0n) is 4.95. The van der Waals surface area contributed by atoms with Gasteiger partial charge in [-0.25, -0.2) is 0 Å². The first-order valence-corrected chi connectivity index (χ1v) is 2.99.